The molecule has 2 rings (SSSR count). The van der Waals surface area contributed by atoms with E-state index in [4.69, 9.17) is 4.74 Å². The van der Waals surface area contributed by atoms with Crippen LogP contribution in [0.15, 0.2) is 18.5 Å². The van der Waals surface area contributed by atoms with Crippen molar-refractivity contribution in [2.24, 2.45) is 0 Å². The maximum atomic E-state index is 6.22. The van der Waals surface area contributed by atoms with Crippen LogP contribution >= 0.6 is 0 Å². The van der Waals surface area contributed by atoms with Crippen LogP contribution in [0, 0.1) is 27.7 Å². The van der Waals surface area contributed by atoms with Crippen LogP contribution < -0.4 is 9.64 Å². The molecule has 1 aromatic carbocycles. The second-order valence-corrected chi connectivity index (χ2v) is 6.80. The lowest BCUT2D eigenvalue weighted by Crippen LogP contribution is -2.27. The van der Waals surface area contributed by atoms with E-state index in [1.165, 1.54) is 12.0 Å². The Kier molecular flexibility index (Phi) is 6.80. The fraction of sp³-hybridized carbons (Fsp3) is 0.524. The second-order valence-electron chi connectivity index (χ2n) is 6.80. The summed E-state index contributed by atoms with van der Waals surface area (Å²) >= 11 is 0. The molecule has 1 heterocycles. The number of hydrogen-bond acceptors (Lipinski definition) is 4. The molecule has 0 saturated heterocycles. The minimum absolute atomic E-state index is 0.651. The molecule has 136 valence electrons. The number of ether oxygens (including phenoxy) is 1. The highest BCUT2D eigenvalue weighted by Crippen LogP contribution is 2.32. The second kappa shape index (κ2) is 8.84. The highest BCUT2D eigenvalue weighted by atomic mass is 16.5. The van der Waals surface area contributed by atoms with Gasteiger partial charge in [-0.3, -0.25) is 0 Å². The van der Waals surface area contributed by atoms with Gasteiger partial charge < -0.3 is 9.64 Å². The van der Waals surface area contributed by atoms with Crippen molar-refractivity contribution < 1.29 is 4.74 Å². The Morgan fingerprint density at radius 1 is 0.920 bits per heavy atom. The summed E-state index contributed by atoms with van der Waals surface area (Å²) in [6.45, 7) is 14.8. The number of benzene rings is 1. The van der Waals surface area contributed by atoms with Crippen molar-refractivity contribution in [3.8, 4) is 11.6 Å². The zero-order valence-electron chi connectivity index (χ0n) is 16.5. The molecule has 2 aromatic rings. The first-order chi connectivity index (χ1) is 12.0. The Morgan fingerprint density at radius 3 is 2.20 bits per heavy atom. The van der Waals surface area contributed by atoms with Gasteiger partial charge in [-0.15, -0.1) is 0 Å². The van der Waals surface area contributed by atoms with Crippen LogP contribution in [0.25, 0.3) is 0 Å². The first-order valence-electron chi connectivity index (χ1n) is 9.30. The molecule has 0 aliphatic heterocycles. The summed E-state index contributed by atoms with van der Waals surface area (Å²) in [5.74, 6) is 2.54. The van der Waals surface area contributed by atoms with E-state index in [-0.39, 0.29) is 0 Å². The van der Waals surface area contributed by atoms with Crippen LogP contribution in [0.5, 0.6) is 11.6 Å². The van der Waals surface area contributed by atoms with Gasteiger partial charge in [0.25, 0.3) is 0 Å². The molecule has 0 amide bonds. The Balaban J connectivity index is 2.34. The van der Waals surface area contributed by atoms with Gasteiger partial charge in [0, 0.05) is 13.1 Å². The molecule has 25 heavy (non-hydrogen) atoms. The third kappa shape index (κ3) is 4.71. The molecule has 0 atom stereocenters. The average Bonchev–Trinajstić information content (AvgIpc) is 2.56. The van der Waals surface area contributed by atoms with Crippen LogP contribution in [-0.4, -0.2) is 23.1 Å². The Labute approximate surface area is 152 Å². The van der Waals surface area contributed by atoms with E-state index < -0.39 is 0 Å². The van der Waals surface area contributed by atoms with Gasteiger partial charge in [-0.2, -0.15) is 0 Å². The first kappa shape index (κ1) is 19.2. The van der Waals surface area contributed by atoms with Crippen LogP contribution in [0.2, 0.25) is 0 Å². The molecule has 0 fully saturated rings. The summed E-state index contributed by atoms with van der Waals surface area (Å²) in [4.78, 5) is 11.3. The zero-order valence-corrected chi connectivity index (χ0v) is 16.5. The third-order valence-corrected chi connectivity index (χ3v) is 4.39. The van der Waals surface area contributed by atoms with E-state index in [1.54, 1.807) is 6.33 Å². The zero-order chi connectivity index (χ0) is 18.4. The predicted molar refractivity (Wildman–Crippen MR) is 105 cm³/mol. The molecule has 0 N–H and O–H groups in total. The van der Waals surface area contributed by atoms with Crippen molar-refractivity contribution in [1.29, 1.82) is 0 Å². The summed E-state index contributed by atoms with van der Waals surface area (Å²) in [5, 5.41) is 0. The lowest BCUT2D eigenvalue weighted by molar-refractivity contribution is 0.450. The fourth-order valence-corrected chi connectivity index (χ4v) is 3.21. The highest BCUT2D eigenvalue weighted by Gasteiger charge is 2.16. The number of aryl methyl sites for hydroxylation is 3. The lowest BCUT2D eigenvalue weighted by atomic mass is 10.1. The van der Waals surface area contributed by atoms with E-state index in [0.29, 0.717) is 5.88 Å². The minimum Gasteiger partial charge on any atom is -0.438 e. The number of anilines is 1. The van der Waals surface area contributed by atoms with Crippen molar-refractivity contribution >= 4 is 5.82 Å². The standard InChI is InChI=1S/C21H31N3O/c1-7-9-11-24(10-8-2)20-18(6)21(23-14-22-20)25-19-16(4)12-15(3)13-17(19)5/h12-14H,7-11H2,1-6H3. The van der Waals surface area contributed by atoms with Gasteiger partial charge in [-0.25, -0.2) is 9.97 Å². The molecule has 0 unspecified atom stereocenters. The van der Waals surface area contributed by atoms with Crippen LogP contribution in [0.3, 0.4) is 0 Å². The fourth-order valence-electron chi connectivity index (χ4n) is 3.21. The minimum atomic E-state index is 0.651. The van der Waals surface area contributed by atoms with Gasteiger partial charge >= 0.3 is 0 Å². The van der Waals surface area contributed by atoms with Crippen molar-refractivity contribution in [3.05, 3.63) is 40.7 Å². The lowest BCUT2D eigenvalue weighted by Gasteiger charge is -2.25. The molecule has 0 aliphatic rings. The van der Waals surface area contributed by atoms with Gasteiger partial charge in [0.15, 0.2) is 0 Å². The molecule has 4 heteroatoms. The van der Waals surface area contributed by atoms with Gasteiger partial charge in [0.05, 0.1) is 5.56 Å². The van der Waals surface area contributed by atoms with E-state index in [9.17, 15) is 0 Å². The molecule has 0 aliphatic carbocycles. The number of aromatic nitrogens is 2. The highest BCUT2D eigenvalue weighted by molar-refractivity contribution is 5.52. The summed E-state index contributed by atoms with van der Waals surface area (Å²) < 4.78 is 6.22. The van der Waals surface area contributed by atoms with Crippen molar-refractivity contribution in [1.82, 2.24) is 9.97 Å². The SMILES string of the molecule is CCCCN(CCC)c1ncnc(Oc2c(C)cc(C)cc2C)c1C. The van der Waals surface area contributed by atoms with Gasteiger partial charge in [-0.05, 0) is 51.7 Å². The topological polar surface area (TPSA) is 38.2 Å². The quantitative estimate of drug-likeness (QED) is 0.634. The summed E-state index contributed by atoms with van der Waals surface area (Å²) in [6, 6.07) is 4.29. The predicted octanol–water partition coefficient (Wildman–Crippen LogP) is 5.52. The van der Waals surface area contributed by atoms with Gasteiger partial charge in [0.1, 0.15) is 17.9 Å². The van der Waals surface area contributed by atoms with E-state index in [2.05, 4.69) is 68.5 Å². The molecule has 1 aromatic heterocycles. The van der Waals surface area contributed by atoms with E-state index in [0.717, 1.165) is 54.2 Å². The molecule has 0 saturated carbocycles. The Morgan fingerprint density at radius 2 is 1.60 bits per heavy atom. The van der Waals surface area contributed by atoms with Crippen molar-refractivity contribution in [2.45, 2.75) is 60.8 Å². The van der Waals surface area contributed by atoms with Gasteiger partial charge in [-0.1, -0.05) is 38.0 Å². The number of hydrogen-bond donors (Lipinski definition) is 0. The molecular weight excluding hydrogens is 310 g/mol. The molecular formula is C21H31N3O. The van der Waals surface area contributed by atoms with Crippen LogP contribution in [-0.2, 0) is 0 Å². The number of nitrogens with zero attached hydrogens (tertiary/aromatic N) is 3. The van der Waals surface area contributed by atoms with E-state index >= 15 is 0 Å². The third-order valence-electron chi connectivity index (χ3n) is 4.39. The van der Waals surface area contributed by atoms with E-state index in [1.807, 2.05) is 0 Å². The summed E-state index contributed by atoms with van der Waals surface area (Å²) in [6.07, 6.45) is 5.05. The molecule has 0 spiro atoms. The first-order valence-corrected chi connectivity index (χ1v) is 9.30. The average molecular weight is 341 g/mol. The summed E-state index contributed by atoms with van der Waals surface area (Å²) in [5.41, 5.74) is 4.52. The molecule has 0 radical (unpaired) electrons. The maximum absolute atomic E-state index is 6.22. The van der Waals surface area contributed by atoms with Crippen LogP contribution in [0.1, 0.15) is 55.4 Å². The monoisotopic (exact) mass is 341 g/mol. The molecule has 0 bridgehead atoms. The summed E-state index contributed by atoms with van der Waals surface area (Å²) in [7, 11) is 0. The maximum Gasteiger partial charge on any atom is 0.227 e. The smallest absolute Gasteiger partial charge is 0.227 e. The molecule has 4 nitrogen and oxygen atoms in total. The van der Waals surface area contributed by atoms with Crippen LogP contribution in [0.4, 0.5) is 5.82 Å². The van der Waals surface area contributed by atoms with Crippen molar-refractivity contribution in [2.75, 3.05) is 18.0 Å². The van der Waals surface area contributed by atoms with Crippen molar-refractivity contribution in [3.63, 3.8) is 0 Å². The number of unbranched alkanes of at least 4 members (excludes halogenated alkanes) is 1. The Bertz CT molecular complexity index is 689. The largest absolute Gasteiger partial charge is 0.438 e. The van der Waals surface area contributed by atoms with Gasteiger partial charge in [0.2, 0.25) is 5.88 Å². The normalized spacial score (nSPS) is 10.8. The number of rotatable bonds is 8. The Hall–Kier alpha value is -2.10.